The van der Waals surface area contributed by atoms with Crippen LogP contribution in [0.5, 0.6) is 0 Å². The molecule has 0 bridgehead atoms. The molecule has 1 aromatic carbocycles. The number of hydrogen-bond acceptors (Lipinski definition) is 3. The molecule has 23 heavy (non-hydrogen) atoms. The molecule has 118 valence electrons. The molecular weight excluding hydrogens is 306 g/mol. The van der Waals surface area contributed by atoms with E-state index in [0.717, 1.165) is 18.1 Å². The first-order chi connectivity index (χ1) is 11.1. The first kappa shape index (κ1) is 14.5. The lowest BCUT2D eigenvalue weighted by molar-refractivity contribution is -0.129. The number of fused-ring (bicyclic) bond motifs is 1. The van der Waals surface area contributed by atoms with Gasteiger partial charge < -0.3 is 9.88 Å². The average molecular weight is 325 g/mol. The minimum Gasteiger partial charge on any atom is -0.341 e. The topological polar surface area (TPSA) is 49.0 Å². The lowest BCUT2D eigenvalue weighted by atomic mass is 10.1. The van der Waals surface area contributed by atoms with Gasteiger partial charge in [0.25, 0.3) is 0 Å². The molecule has 1 aliphatic heterocycles. The summed E-state index contributed by atoms with van der Waals surface area (Å²) in [4.78, 5) is 23.2. The van der Waals surface area contributed by atoms with E-state index in [4.69, 9.17) is 0 Å². The fourth-order valence-electron chi connectivity index (χ4n) is 3.20. The van der Waals surface area contributed by atoms with Crippen molar-refractivity contribution >= 4 is 27.3 Å². The Morgan fingerprint density at radius 1 is 1.35 bits per heavy atom. The Bertz CT molecular complexity index is 831. The molecule has 1 amide bonds. The van der Waals surface area contributed by atoms with Gasteiger partial charge in [0.05, 0.1) is 16.8 Å². The first-order valence-electron chi connectivity index (χ1n) is 7.95. The van der Waals surface area contributed by atoms with Gasteiger partial charge >= 0.3 is 0 Å². The molecule has 0 spiro atoms. The highest BCUT2D eigenvalue weighted by molar-refractivity contribution is 7.22. The molecular formula is C18H19N3OS. The fraction of sp³-hybridized carbons (Fsp3) is 0.333. The Labute approximate surface area is 139 Å². The molecule has 4 rings (SSSR count). The standard InChI is InChI=1S/C18H19N3OS/c1-11(2)21-10-13(8-17(21)22)18-19-9-14(20-18)16-7-12-5-3-4-6-15(12)23-16/h3-7,9,11,13H,8,10H2,1-2H3,(H,19,20)/t13-/m1/s1. The van der Waals surface area contributed by atoms with Gasteiger partial charge in [-0.05, 0) is 31.4 Å². The maximum Gasteiger partial charge on any atom is 0.223 e. The number of likely N-dealkylation sites (tertiary alicyclic amines) is 1. The molecule has 4 nitrogen and oxygen atoms in total. The maximum atomic E-state index is 12.1. The van der Waals surface area contributed by atoms with Crippen molar-refractivity contribution in [2.24, 2.45) is 0 Å². The van der Waals surface area contributed by atoms with Crippen molar-refractivity contribution in [1.29, 1.82) is 0 Å². The summed E-state index contributed by atoms with van der Waals surface area (Å²) in [5.41, 5.74) is 1.04. The molecule has 0 aliphatic carbocycles. The van der Waals surface area contributed by atoms with Crippen molar-refractivity contribution in [2.75, 3.05) is 6.54 Å². The third kappa shape index (κ3) is 2.55. The Hall–Kier alpha value is -2.14. The van der Waals surface area contributed by atoms with Gasteiger partial charge in [0, 0.05) is 29.6 Å². The summed E-state index contributed by atoms with van der Waals surface area (Å²) < 4.78 is 1.28. The van der Waals surface area contributed by atoms with E-state index >= 15 is 0 Å². The second-order valence-electron chi connectivity index (χ2n) is 6.37. The van der Waals surface area contributed by atoms with E-state index < -0.39 is 0 Å². The van der Waals surface area contributed by atoms with Gasteiger partial charge in [-0.15, -0.1) is 11.3 Å². The third-order valence-electron chi connectivity index (χ3n) is 4.45. The number of carbonyl (C=O) groups is 1. The molecule has 1 aliphatic rings. The zero-order valence-electron chi connectivity index (χ0n) is 13.2. The summed E-state index contributed by atoms with van der Waals surface area (Å²) in [7, 11) is 0. The summed E-state index contributed by atoms with van der Waals surface area (Å²) in [6.45, 7) is 4.88. The summed E-state index contributed by atoms with van der Waals surface area (Å²) in [5.74, 6) is 1.33. The van der Waals surface area contributed by atoms with Gasteiger partial charge in [0.1, 0.15) is 5.82 Å². The molecule has 2 aromatic heterocycles. The highest BCUT2D eigenvalue weighted by atomic mass is 32.1. The Morgan fingerprint density at radius 3 is 2.91 bits per heavy atom. The molecule has 0 unspecified atom stereocenters. The number of rotatable bonds is 3. The quantitative estimate of drug-likeness (QED) is 0.791. The number of carbonyl (C=O) groups excluding carboxylic acids is 1. The summed E-state index contributed by atoms with van der Waals surface area (Å²) in [5, 5.41) is 1.26. The van der Waals surface area contributed by atoms with Crippen LogP contribution in [0.1, 0.15) is 32.0 Å². The minimum atomic E-state index is 0.174. The number of nitrogens with zero attached hydrogens (tertiary/aromatic N) is 2. The second-order valence-corrected chi connectivity index (χ2v) is 7.46. The van der Waals surface area contributed by atoms with Gasteiger partial charge in [0.15, 0.2) is 0 Å². The van der Waals surface area contributed by atoms with Crippen molar-refractivity contribution < 1.29 is 4.79 Å². The van der Waals surface area contributed by atoms with E-state index in [9.17, 15) is 4.79 Å². The van der Waals surface area contributed by atoms with Crippen LogP contribution in [-0.4, -0.2) is 33.4 Å². The van der Waals surface area contributed by atoms with Gasteiger partial charge in [-0.2, -0.15) is 0 Å². The lowest BCUT2D eigenvalue weighted by Crippen LogP contribution is -2.31. The number of benzene rings is 1. The van der Waals surface area contributed by atoms with Crippen LogP contribution in [0.4, 0.5) is 0 Å². The zero-order chi connectivity index (χ0) is 16.0. The van der Waals surface area contributed by atoms with Crippen LogP contribution in [0, 0.1) is 0 Å². The second kappa shape index (κ2) is 5.49. The van der Waals surface area contributed by atoms with Crippen molar-refractivity contribution in [3.63, 3.8) is 0 Å². The Morgan fingerprint density at radius 2 is 2.17 bits per heavy atom. The molecule has 0 radical (unpaired) electrons. The summed E-state index contributed by atoms with van der Waals surface area (Å²) >= 11 is 1.76. The molecule has 3 aromatic rings. The third-order valence-corrected chi connectivity index (χ3v) is 5.60. The molecule has 3 heterocycles. The number of nitrogens with one attached hydrogen (secondary N) is 1. The van der Waals surface area contributed by atoms with Crippen molar-refractivity contribution in [3.05, 3.63) is 42.4 Å². The van der Waals surface area contributed by atoms with Crippen LogP contribution in [0.3, 0.4) is 0 Å². The molecule has 5 heteroatoms. The van der Waals surface area contributed by atoms with Crippen LogP contribution in [0.25, 0.3) is 20.7 Å². The van der Waals surface area contributed by atoms with Crippen molar-refractivity contribution in [2.45, 2.75) is 32.2 Å². The first-order valence-corrected chi connectivity index (χ1v) is 8.77. The maximum absolute atomic E-state index is 12.1. The smallest absolute Gasteiger partial charge is 0.223 e. The number of thiophene rings is 1. The highest BCUT2D eigenvalue weighted by Gasteiger charge is 2.33. The number of hydrogen-bond donors (Lipinski definition) is 1. The predicted molar refractivity (Wildman–Crippen MR) is 93.6 cm³/mol. The normalized spacial score (nSPS) is 18.5. The Balaban J connectivity index is 1.61. The van der Waals surface area contributed by atoms with Crippen molar-refractivity contribution in [3.8, 4) is 10.6 Å². The average Bonchev–Trinajstić information content (AvgIpc) is 3.23. The molecule has 1 atom stereocenters. The molecule has 0 saturated carbocycles. The van der Waals surface area contributed by atoms with Crippen LogP contribution < -0.4 is 0 Å². The SMILES string of the molecule is CC(C)N1C[C@H](c2ncc(-c3cc4ccccc4s3)[nH]2)CC1=O. The van der Waals surface area contributed by atoms with E-state index in [-0.39, 0.29) is 17.9 Å². The van der Waals surface area contributed by atoms with Crippen molar-refractivity contribution in [1.82, 2.24) is 14.9 Å². The van der Waals surface area contributed by atoms with Gasteiger partial charge in [0.2, 0.25) is 5.91 Å². The van der Waals surface area contributed by atoms with E-state index in [1.165, 1.54) is 15.0 Å². The van der Waals surface area contributed by atoms with Gasteiger partial charge in [-0.3, -0.25) is 4.79 Å². The number of aromatic amines is 1. The predicted octanol–water partition coefficient (Wildman–Crippen LogP) is 4.02. The number of H-pyrrole nitrogens is 1. The lowest BCUT2D eigenvalue weighted by Gasteiger charge is -2.20. The van der Waals surface area contributed by atoms with E-state index in [0.29, 0.717) is 6.42 Å². The fourth-order valence-corrected chi connectivity index (χ4v) is 4.23. The number of aromatic nitrogens is 2. The number of imidazole rings is 1. The monoisotopic (exact) mass is 325 g/mol. The molecule has 1 N–H and O–H groups in total. The largest absolute Gasteiger partial charge is 0.341 e. The zero-order valence-corrected chi connectivity index (χ0v) is 14.1. The van der Waals surface area contributed by atoms with E-state index in [2.05, 4.69) is 54.1 Å². The number of amides is 1. The minimum absolute atomic E-state index is 0.174. The highest BCUT2D eigenvalue weighted by Crippen LogP contribution is 2.34. The van der Waals surface area contributed by atoms with Crippen LogP contribution in [0.15, 0.2) is 36.5 Å². The van der Waals surface area contributed by atoms with Gasteiger partial charge in [-0.1, -0.05) is 18.2 Å². The summed E-state index contributed by atoms with van der Waals surface area (Å²) in [6.07, 6.45) is 2.44. The van der Waals surface area contributed by atoms with Crippen LogP contribution in [-0.2, 0) is 4.79 Å². The summed E-state index contributed by atoms with van der Waals surface area (Å²) in [6, 6.07) is 10.8. The van der Waals surface area contributed by atoms with Gasteiger partial charge in [-0.25, -0.2) is 4.98 Å². The molecule has 1 saturated heterocycles. The van der Waals surface area contributed by atoms with E-state index in [1.54, 1.807) is 11.3 Å². The van der Waals surface area contributed by atoms with Crippen LogP contribution >= 0.6 is 11.3 Å². The van der Waals surface area contributed by atoms with E-state index in [1.807, 2.05) is 11.1 Å². The Kier molecular flexibility index (Phi) is 3.45. The molecule has 1 fully saturated rings. The van der Waals surface area contributed by atoms with Crippen LogP contribution in [0.2, 0.25) is 0 Å².